The first kappa shape index (κ1) is 13.9. The van der Waals surface area contributed by atoms with Gasteiger partial charge in [0.1, 0.15) is 11.6 Å². The third-order valence-corrected chi connectivity index (χ3v) is 2.49. The van der Waals surface area contributed by atoms with Gasteiger partial charge in [-0.3, -0.25) is 0 Å². The quantitative estimate of drug-likeness (QED) is 0.722. The van der Waals surface area contributed by atoms with Crippen molar-refractivity contribution >= 4 is 0 Å². The lowest BCUT2D eigenvalue weighted by Crippen LogP contribution is -2.00. The van der Waals surface area contributed by atoms with Gasteiger partial charge in [-0.1, -0.05) is 0 Å². The number of unbranched alkanes of at least 4 members (excludes halogenated alkanes) is 2. The Bertz CT molecular complexity index is 339. The van der Waals surface area contributed by atoms with Crippen molar-refractivity contribution in [3.63, 3.8) is 0 Å². The van der Waals surface area contributed by atoms with Gasteiger partial charge in [0.15, 0.2) is 0 Å². The van der Waals surface area contributed by atoms with E-state index in [9.17, 15) is 9.50 Å². The molecular weight excluding hydrogens is 223 g/mol. The molecule has 2 N–H and O–H groups in total. The van der Waals surface area contributed by atoms with Gasteiger partial charge in [-0.15, -0.1) is 0 Å². The molecule has 1 aromatic carbocycles. The first-order valence-electron chi connectivity index (χ1n) is 5.86. The second-order valence-corrected chi connectivity index (χ2v) is 3.99. The van der Waals surface area contributed by atoms with Crippen molar-refractivity contribution in [2.24, 2.45) is 0 Å². The van der Waals surface area contributed by atoms with Crippen LogP contribution >= 0.6 is 0 Å². The van der Waals surface area contributed by atoms with E-state index in [1.807, 2.05) is 0 Å². The maximum Gasteiger partial charge on any atom is 0.132 e. The molecule has 0 aliphatic heterocycles. The summed E-state index contributed by atoms with van der Waals surface area (Å²) in [7, 11) is 0. The lowest BCUT2D eigenvalue weighted by Gasteiger charge is -2.09. The number of ether oxygens (including phenoxy) is 1. The molecule has 0 aliphatic carbocycles. The summed E-state index contributed by atoms with van der Waals surface area (Å²) in [6.45, 7) is 2.22. The minimum atomic E-state index is -0.811. The van der Waals surface area contributed by atoms with E-state index in [4.69, 9.17) is 9.84 Å². The fourth-order valence-corrected chi connectivity index (χ4v) is 1.52. The van der Waals surface area contributed by atoms with E-state index >= 15 is 0 Å². The molecule has 1 rings (SSSR count). The molecule has 0 unspecified atom stereocenters. The molecule has 17 heavy (non-hydrogen) atoms. The van der Waals surface area contributed by atoms with Gasteiger partial charge in [0.05, 0.1) is 12.7 Å². The van der Waals surface area contributed by atoms with Crippen LogP contribution in [0.3, 0.4) is 0 Å². The van der Waals surface area contributed by atoms with Crippen LogP contribution in [0.1, 0.15) is 37.9 Å². The monoisotopic (exact) mass is 242 g/mol. The third-order valence-electron chi connectivity index (χ3n) is 2.49. The average Bonchev–Trinajstić information content (AvgIpc) is 2.28. The van der Waals surface area contributed by atoms with E-state index in [1.165, 1.54) is 19.1 Å². The Morgan fingerprint density at radius 2 is 2.06 bits per heavy atom. The molecular formula is C13H19FO3. The standard InChI is InChI=1S/C13H19FO3/c1-10(16)12-6-5-11(9-13(12)14)17-8-4-2-3-7-15/h5-6,9-10,15-16H,2-4,7-8H2,1H3/t10-/m1/s1. The summed E-state index contributed by atoms with van der Waals surface area (Å²) in [6.07, 6.45) is 1.68. The molecule has 0 saturated carbocycles. The molecule has 0 amide bonds. The van der Waals surface area contributed by atoms with Gasteiger partial charge in [0.2, 0.25) is 0 Å². The molecule has 1 aromatic rings. The van der Waals surface area contributed by atoms with Crippen molar-refractivity contribution in [2.75, 3.05) is 13.2 Å². The number of halogens is 1. The zero-order chi connectivity index (χ0) is 12.7. The van der Waals surface area contributed by atoms with Crippen LogP contribution in [-0.4, -0.2) is 23.4 Å². The SMILES string of the molecule is C[C@@H](O)c1ccc(OCCCCCO)cc1F. The summed E-state index contributed by atoms with van der Waals surface area (Å²) >= 11 is 0. The molecule has 0 aliphatic rings. The fraction of sp³-hybridized carbons (Fsp3) is 0.538. The highest BCUT2D eigenvalue weighted by molar-refractivity contribution is 5.29. The summed E-state index contributed by atoms with van der Waals surface area (Å²) in [5.41, 5.74) is 0.276. The van der Waals surface area contributed by atoms with Crippen molar-refractivity contribution in [1.82, 2.24) is 0 Å². The molecule has 3 nitrogen and oxygen atoms in total. The van der Waals surface area contributed by atoms with Crippen molar-refractivity contribution in [3.8, 4) is 5.75 Å². The lowest BCUT2D eigenvalue weighted by atomic mass is 10.1. The zero-order valence-electron chi connectivity index (χ0n) is 10.0. The minimum absolute atomic E-state index is 0.192. The van der Waals surface area contributed by atoms with Crippen molar-refractivity contribution < 1.29 is 19.3 Å². The van der Waals surface area contributed by atoms with Gasteiger partial charge in [-0.2, -0.15) is 0 Å². The maximum atomic E-state index is 13.5. The lowest BCUT2D eigenvalue weighted by molar-refractivity contribution is 0.194. The number of aliphatic hydroxyl groups excluding tert-OH is 2. The van der Waals surface area contributed by atoms with Crippen molar-refractivity contribution in [1.29, 1.82) is 0 Å². The minimum Gasteiger partial charge on any atom is -0.493 e. The van der Waals surface area contributed by atoms with Crippen LogP contribution in [0.25, 0.3) is 0 Å². The molecule has 0 radical (unpaired) electrons. The summed E-state index contributed by atoms with van der Waals surface area (Å²) < 4.78 is 18.8. The highest BCUT2D eigenvalue weighted by Gasteiger charge is 2.08. The van der Waals surface area contributed by atoms with Gasteiger partial charge in [0.25, 0.3) is 0 Å². The first-order valence-corrected chi connectivity index (χ1v) is 5.86. The maximum absolute atomic E-state index is 13.5. The number of hydrogen-bond acceptors (Lipinski definition) is 3. The predicted molar refractivity (Wildman–Crippen MR) is 63.5 cm³/mol. The largest absolute Gasteiger partial charge is 0.493 e. The van der Waals surface area contributed by atoms with Crippen LogP contribution in [0.2, 0.25) is 0 Å². The Kier molecular flexibility index (Phi) is 5.94. The van der Waals surface area contributed by atoms with E-state index in [0.29, 0.717) is 12.4 Å². The van der Waals surface area contributed by atoms with Crippen LogP contribution in [-0.2, 0) is 0 Å². The second kappa shape index (κ2) is 7.25. The normalized spacial score (nSPS) is 12.5. The van der Waals surface area contributed by atoms with Crippen LogP contribution < -0.4 is 4.74 Å². The Morgan fingerprint density at radius 3 is 2.65 bits per heavy atom. The molecule has 0 spiro atoms. The van der Waals surface area contributed by atoms with Gasteiger partial charge in [-0.25, -0.2) is 4.39 Å². The topological polar surface area (TPSA) is 49.7 Å². The molecule has 0 fully saturated rings. The summed E-state index contributed by atoms with van der Waals surface area (Å²) in [6, 6.07) is 4.47. The molecule has 0 aromatic heterocycles. The van der Waals surface area contributed by atoms with Gasteiger partial charge in [-0.05, 0) is 38.3 Å². The van der Waals surface area contributed by atoms with Gasteiger partial charge < -0.3 is 14.9 Å². The van der Waals surface area contributed by atoms with Crippen LogP contribution in [0, 0.1) is 5.82 Å². The van der Waals surface area contributed by atoms with Crippen molar-refractivity contribution in [3.05, 3.63) is 29.6 Å². The number of benzene rings is 1. The Hall–Kier alpha value is -1.13. The van der Waals surface area contributed by atoms with Gasteiger partial charge in [0, 0.05) is 18.2 Å². The van der Waals surface area contributed by atoms with Crippen LogP contribution in [0.5, 0.6) is 5.75 Å². The molecule has 1 atom stereocenters. The summed E-state index contributed by atoms with van der Waals surface area (Å²) in [5.74, 6) is 0.0174. The highest BCUT2D eigenvalue weighted by atomic mass is 19.1. The number of aliphatic hydroxyl groups is 2. The highest BCUT2D eigenvalue weighted by Crippen LogP contribution is 2.21. The van der Waals surface area contributed by atoms with E-state index in [2.05, 4.69) is 0 Å². The van der Waals surface area contributed by atoms with E-state index in [1.54, 1.807) is 6.07 Å². The molecule has 0 heterocycles. The predicted octanol–water partition coefficient (Wildman–Crippen LogP) is 2.42. The molecule has 96 valence electrons. The third kappa shape index (κ3) is 4.71. The Balaban J connectivity index is 2.42. The zero-order valence-corrected chi connectivity index (χ0v) is 10.0. The Labute approximate surface area is 101 Å². The summed E-state index contributed by atoms with van der Waals surface area (Å²) in [5, 5.41) is 17.9. The second-order valence-electron chi connectivity index (χ2n) is 3.99. The smallest absolute Gasteiger partial charge is 0.132 e. The van der Waals surface area contributed by atoms with Gasteiger partial charge >= 0.3 is 0 Å². The van der Waals surface area contributed by atoms with E-state index in [-0.39, 0.29) is 12.2 Å². The van der Waals surface area contributed by atoms with E-state index in [0.717, 1.165) is 19.3 Å². The average molecular weight is 242 g/mol. The molecule has 0 saturated heterocycles. The van der Waals surface area contributed by atoms with Crippen molar-refractivity contribution in [2.45, 2.75) is 32.3 Å². The van der Waals surface area contributed by atoms with E-state index < -0.39 is 11.9 Å². The van der Waals surface area contributed by atoms with Crippen LogP contribution in [0.4, 0.5) is 4.39 Å². The first-order chi connectivity index (χ1) is 8.15. The molecule has 0 bridgehead atoms. The fourth-order valence-electron chi connectivity index (χ4n) is 1.52. The number of rotatable bonds is 7. The molecule has 4 heteroatoms. The van der Waals surface area contributed by atoms with Crippen LogP contribution in [0.15, 0.2) is 18.2 Å². The Morgan fingerprint density at radius 1 is 1.29 bits per heavy atom. The summed E-state index contributed by atoms with van der Waals surface area (Å²) in [4.78, 5) is 0. The number of hydrogen-bond donors (Lipinski definition) is 2.